The Morgan fingerprint density at radius 1 is 1.25 bits per heavy atom. The molecule has 6 nitrogen and oxygen atoms in total. The second-order valence-electron chi connectivity index (χ2n) is 5.61. The molecule has 0 radical (unpaired) electrons. The van der Waals surface area contributed by atoms with Crippen molar-refractivity contribution in [1.29, 1.82) is 0 Å². The van der Waals surface area contributed by atoms with Gasteiger partial charge in [0.25, 0.3) is 5.91 Å². The molecule has 0 fully saturated rings. The fourth-order valence-electron chi connectivity index (χ4n) is 2.86. The first kappa shape index (κ1) is 14.8. The van der Waals surface area contributed by atoms with Crippen molar-refractivity contribution >= 4 is 23.2 Å². The lowest BCUT2D eigenvalue weighted by Crippen LogP contribution is -2.29. The first-order valence-electron chi connectivity index (χ1n) is 7.58. The number of benzene rings is 1. The van der Waals surface area contributed by atoms with Crippen molar-refractivity contribution in [3.8, 4) is 5.69 Å². The Balaban J connectivity index is 1.69. The minimum absolute atomic E-state index is 0.147. The Bertz CT molecular complexity index is 936. The summed E-state index contributed by atoms with van der Waals surface area (Å²) in [7, 11) is 0. The van der Waals surface area contributed by atoms with E-state index in [0.29, 0.717) is 23.0 Å². The number of hydrogen-bond acceptors (Lipinski definition) is 4. The molecule has 0 unspecified atom stereocenters. The van der Waals surface area contributed by atoms with Crippen LogP contribution in [0.4, 0.5) is 5.69 Å². The third-order valence-electron chi connectivity index (χ3n) is 4.04. The number of halogens is 1. The molecule has 0 aliphatic carbocycles. The number of aryl methyl sites for hydroxylation is 1. The summed E-state index contributed by atoms with van der Waals surface area (Å²) in [5.74, 6) is -0.147. The zero-order valence-electron chi connectivity index (χ0n) is 13.0. The molecule has 4 rings (SSSR count). The lowest BCUT2D eigenvalue weighted by Gasteiger charge is -2.15. The van der Waals surface area contributed by atoms with Gasteiger partial charge in [0.05, 0.1) is 17.1 Å². The number of nitrogens with zero attached hydrogens (tertiary/aromatic N) is 5. The molecule has 0 spiro atoms. The van der Waals surface area contributed by atoms with Crippen LogP contribution < -0.4 is 4.90 Å². The van der Waals surface area contributed by atoms with E-state index in [2.05, 4.69) is 15.2 Å². The number of aromatic nitrogens is 4. The second kappa shape index (κ2) is 5.72. The van der Waals surface area contributed by atoms with E-state index in [4.69, 9.17) is 11.6 Å². The van der Waals surface area contributed by atoms with Crippen LogP contribution in [0.5, 0.6) is 0 Å². The molecule has 1 amide bonds. The van der Waals surface area contributed by atoms with Crippen LogP contribution in [-0.4, -0.2) is 32.4 Å². The zero-order valence-corrected chi connectivity index (χ0v) is 13.7. The van der Waals surface area contributed by atoms with E-state index in [1.165, 1.54) is 4.80 Å². The first-order chi connectivity index (χ1) is 11.6. The van der Waals surface area contributed by atoms with Gasteiger partial charge < -0.3 is 4.90 Å². The van der Waals surface area contributed by atoms with E-state index in [0.717, 1.165) is 23.4 Å². The van der Waals surface area contributed by atoms with Crippen molar-refractivity contribution in [2.75, 3.05) is 11.4 Å². The SMILES string of the molecule is Cc1nn(-c2cccc(Cl)c2)nc1C(=O)N1CCc2cnccc21. The van der Waals surface area contributed by atoms with Crippen LogP contribution in [0.15, 0.2) is 42.7 Å². The molecule has 0 N–H and O–H groups in total. The zero-order chi connectivity index (χ0) is 16.7. The molecule has 1 aromatic carbocycles. The molecule has 3 aromatic rings. The lowest BCUT2D eigenvalue weighted by atomic mass is 10.2. The van der Waals surface area contributed by atoms with E-state index < -0.39 is 0 Å². The number of anilines is 1. The topological polar surface area (TPSA) is 63.9 Å². The number of carbonyl (C=O) groups is 1. The monoisotopic (exact) mass is 339 g/mol. The number of pyridine rings is 1. The highest BCUT2D eigenvalue weighted by Crippen LogP contribution is 2.28. The summed E-state index contributed by atoms with van der Waals surface area (Å²) in [6.45, 7) is 2.41. The summed E-state index contributed by atoms with van der Waals surface area (Å²) in [5.41, 5.74) is 3.62. The van der Waals surface area contributed by atoms with Gasteiger partial charge in [-0.05, 0) is 43.2 Å². The predicted octanol–water partition coefficient (Wildman–Crippen LogP) is 2.83. The molecule has 1 aliphatic rings. The van der Waals surface area contributed by atoms with Gasteiger partial charge in [-0.2, -0.15) is 9.90 Å². The van der Waals surface area contributed by atoms with Gasteiger partial charge in [0.15, 0.2) is 5.69 Å². The van der Waals surface area contributed by atoms with Gasteiger partial charge in [-0.25, -0.2) is 0 Å². The normalized spacial score (nSPS) is 13.2. The average Bonchev–Trinajstić information content (AvgIpc) is 3.18. The van der Waals surface area contributed by atoms with Gasteiger partial charge in [-0.3, -0.25) is 9.78 Å². The first-order valence-corrected chi connectivity index (χ1v) is 7.96. The summed E-state index contributed by atoms with van der Waals surface area (Å²) < 4.78 is 0. The fraction of sp³-hybridized carbons (Fsp3) is 0.176. The Morgan fingerprint density at radius 3 is 2.96 bits per heavy atom. The molecule has 24 heavy (non-hydrogen) atoms. The van der Waals surface area contributed by atoms with Crippen molar-refractivity contribution in [3.63, 3.8) is 0 Å². The summed E-state index contributed by atoms with van der Waals surface area (Å²) in [4.78, 5) is 20.2. The van der Waals surface area contributed by atoms with Crippen LogP contribution in [0.1, 0.15) is 21.7 Å². The van der Waals surface area contributed by atoms with Crippen LogP contribution in [0.2, 0.25) is 5.02 Å². The van der Waals surface area contributed by atoms with Gasteiger partial charge >= 0.3 is 0 Å². The van der Waals surface area contributed by atoms with Crippen LogP contribution in [0.25, 0.3) is 5.69 Å². The maximum Gasteiger partial charge on any atom is 0.280 e. The van der Waals surface area contributed by atoms with E-state index in [1.54, 1.807) is 36.4 Å². The summed E-state index contributed by atoms with van der Waals surface area (Å²) >= 11 is 6.01. The largest absolute Gasteiger partial charge is 0.306 e. The van der Waals surface area contributed by atoms with E-state index in [-0.39, 0.29) is 5.91 Å². The Morgan fingerprint density at radius 2 is 2.12 bits per heavy atom. The minimum Gasteiger partial charge on any atom is -0.306 e. The molecule has 2 aromatic heterocycles. The third kappa shape index (κ3) is 2.45. The highest BCUT2D eigenvalue weighted by atomic mass is 35.5. The maximum atomic E-state index is 12.9. The summed E-state index contributed by atoms with van der Waals surface area (Å²) in [6, 6.07) is 9.06. The lowest BCUT2D eigenvalue weighted by molar-refractivity contribution is 0.0983. The molecule has 0 atom stereocenters. The van der Waals surface area contributed by atoms with Crippen LogP contribution in [-0.2, 0) is 6.42 Å². The number of hydrogen-bond donors (Lipinski definition) is 0. The Kier molecular flexibility index (Phi) is 3.54. The standard InChI is InChI=1S/C17H14ClN5O/c1-11-16(21-23(20-11)14-4-2-3-13(18)9-14)17(24)22-8-6-12-10-19-7-5-15(12)22/h2-5,7,9-10H,6,8H2,1H3. The maximum absolute atomic E-state index is 12.9. The van der Waals surface area contributed by atoms with Gasteiger partial charge in [0.2, 0.25) is 0 Å². The summed E-state index contributed by atoms with van der Waals surface area (Å²) in [6.07, 6.45) is 4.30. The quantitative estimate of drug-likeness (QED) is 0.720. The second-order valence-corrected chi connectivity index (χ2v) is 6.05. The number of rotatable bonds is 2. The molecule has 1 aliphatic heterocycles. The molecule has 0 saturated heterocycles. The van der Waals surface area contributed by atoms with Gasteiger partial charge in [-0.15, -0.1) is 5.10 Å². The Hall–Kier alpha value is -2.73. The number of amides is 1. The highest BCUT2D eigenvalue weighted by Gasteiger charge is 2.29. The van der Waals surface area contributed by atoms with Gasteiger partial charge in [-0.1, -0.05) is 17.7 Å². The van der Waals surface area contributed by atoms with Crippen molar-refractivity contribution < 1.29 is 4.79 Å². The van der Waals surface area contributed by atoms with Crippen LogP contribution in [0, 0.1) is 6.92 Å². The minimum atomic E-state index is -0.147. The van der Waals surface area contributed by atoms with E-state index in [1.807, 2.05) is 18.2 Å². The van der Waals surface area contributed by atoms with Crippen molar-refractivity contribution in [3.05, 3.63) is 64.7 Å². The van der Waals surface area contributed by atoms with Crippen molar-refractivity contribution in [1.82, 2.24) is 20.0 Å². The van der Waals surface area contributed by atoms with Crippen LogP contribution in [0.3, 0.4) is 0 Å². The third-order valence-corrected chi connectivity index (χ3v) is 4.28. The van der Waals surface area contributed by atoms with E-state index >= 15 is 0 Å². The molecule has 120 valence electrons. The molecular weight excluding hydrogens is 326 g/mol. The predicted molar refractivity (Wildman–Crippen MR) is 90.7 cm³/mol. The number of fused-ring (bicyclic) bond motifs is 1. The van der Waals surface area contributed by atoms with Crippen molar-refractivity contribution in [2.24, 2.45) is 0 Å². The Labute approximate surface area is 143 Å². The molecule has 7 heteroatoms. The fourth-order valence-corrected chi connectivity index (χ4v) is 3.04. The molecular formula is C17H14ClN5O. The smallest absolute Gasteiger partial charge is 0.280 e. The average molecular weight is 340 g/mol. The molecule has 0 bridgehead atoms. The number of carbonyl (C=O) groups excluding carboxylic acids is 1. The van der Waals surface area contributed by atoms with Crippen molar-refractivity contribution in [2.45, 2.75) is 13.3 Å². The molecule has 0 saturated carbocycles. The van der Waals surface area contributed by atoms with Crippen LogP contribution >= 0.6 is 11.6 Å². The summed E-state index contributed by atoms with van der Waals surface area (Å²) in [5, 5.41) is 9.33. The van der Waals surface area contributed by atoms with Gasteiger partial charge in [0, 0.05) is 24.0 Å². The highest BCUT2D eigenvalue weighted by molar-refractivity contribution is 6.30. The van der Waals surface area contributed by atoms with E-state index in [9.17, 15) is 4.79 Å². The van der Waals surface area contributed by atoms with Gasteiger partial charge in [0.1, 0.15) is 0 Å². The molecule has 3 heterocycles.